The smallest absolute Gasteiger partial charge is 0.184 e. The van der Waals surface area contributed by atoms with Gasteiger partial charge in [-0.25, -0.2) is 4.98 Å². The van der Waals surface area contributed by atoms with Crippen molar-refractivity contribution in [2.45, 2.75) is 13.0 Å². The fourth-order valence-electron chi connectivity index (χ4n) is 1.11. The topological polar surface area (TPSA) is 24.9 Å². The highest BCUT2D eigenvalue weighted by Crippen LogP contribution is 2.26. The Hall–Kier alpha value is -0.390. The van der Waals surface area contributed by atoms with Gasteiger partial charge in [0.2, 0.25) is 0 Å². The van der Waals surface area contributed by atoms with Gasteiger partial charge in [-0.3, -0.25) is 0 Å². The van der Waals surface area contributed by atoms with Crippen LogP contribution in [0.1, 0.15) is 17.8 Å². The number of anilines is 1. The number of halogens is 1. The predicted octanol–water partition coefficient (Wildman–Crippen LogP) is 4.14. The third-order valence-electron chi connectivity index (χ3n) is 1.79. The van der Waals surface area contributed by atoms with Crippen molar-refractivity contribution in [1.29, 1.82) is 0 Å². The highest BCUT2D eigenvalue weighted by atomic mass is 79.9. The largest absolute Gasteiger partial charge is 0.354 e. The second-order valence-corrected chi connectivity index (χ2v) is 5.51. The van der Waals surface area contributed by atoms with Gasteiger partial charge in [-0.1, -0.05) is 6.07 Å². The molecule has 2 aromatic rings. The van der Waals surface area contributed by atoms with Crippen LogP contribution in [0.3, 0.4) is 0 Å². The van der Waals surface area contributed by atoms with Crippen molar-refractivity contribution in [2.24, 2.45) is 0 Å². The monoisotopic (exact) mass is 288 g/mol. The van der Waals surface area contributed by atoms with Crippen molar-refractivity contribution in [2.75, 3.05) is 5.32 Å². The lowest BCUT2D eigenvalue weighted by Gasteiger charge is -2.09. The lowest BCUT2D eigenvalue weighted by molar-refractivity contribution is 0.903. The molecule has 1 atom stereocenters. The Labute approximate surface area is 99.1 Å². The normalized spacial score (nSPS) is 12.7. The molecule has 0 aliphatic rings. The molecule has 2 rings (SSSR count). The molecule has 0 radical (unpaired) electrons. The molecule has 2 heterocycles. The van der Waals surface area contributed by atoms with Gasteiger partial charge in [0.05, 0.1) is 6.04 Å². The van der Waals surface area contributed by atoms with Gasteiger partial charge >= 0.3 is 0 Å². The van der Waals surface area contributed by atoms with Gasteiger partial charge in [0.1, 0.15) is 4.60 Å². The summed E-state index contributed by atoms with van der Waals surface area (Å²) in [5.74, 6) is 0. The van der Waals surface area contributed by atoms with Crippen LogP contribution in [0, 0.1) is 0 Å². The summed E-state index contributed by atoms with van der Waals surface area (Å²) in [7, 11) is 0. The van der Waals surface area contributed by atoms with E-state index in [0.717, 1.165) is 9.73 Å². The molecule has 0 aliphatic heterocycles. The number of nitrogens with zero attached hydrogens (tertiary/aromatic N) is 1. The predicted molar refractivity (Wildman–Crippen MR) is 66.2 cm³/mol. The van der Waals surface area contributed by atoms with Crippen LogP contribution in [-0.2, 0) is 0 Å². The van der Waals surface area contributed by atoms with E-state index in [-0.39, 0.29) is 0 Å². The molecule has 74 valence electrons. The third-order valence-corrected chi connectivity index (χ3v) is 4.32. The van der Waals surface area contributed by atoms with Gasteiger partial charge in [-0.15, -0.1) is 22.7 Å². The highest BCUT2D eigenvalue weighted by molar-refractivity contribution is 9.10. The average molecular weight is 289 g/mol. The van der Waals surface area contributed by atoms with E-state index >= 15 is 0 Å². The zero-order chi connectivity index (χ0) is 9.97. The molecular formula is C9H9BrN2S2. The Balaban J connectivity index is 2.05. The van der Waals surface area contributed by atoms with Crippen LogP contribution < -0.4 is 5.32 Å². The van der Waals surface area contributed by atoms with Crippen molar-refractivity contribution in [3.05, 3.63) is 32.4 Å². The van der Waals surface area contributed by atoms with Crippen LogP contribution >= 0.6 is 38.6 Å². The van der Waals surface area contributed by atoms with Gasteiger partial charge < -0.3 is 5.32 Å². The second kappa shape index (κ2) is 4.42. The number of rotatable bonds is 3. The number of thiophene rings is 1. The lowest BCUT2D eigenvalue weighted by Crippen LogP contribution is -2.03. The van der Waals surface area contributed by atoms with Crippen molar-refractivity contribution in [3.8, 4) is 0 Å². The van der Waals surface area contributed by atoms with E-state index in [4.69, 9.17) is 0 Å². The van der Waals surface area contributed by atoms with Crippen molar-refractivity contribution < 1.29 is 0 Å². The molecule has 2 aromatic heterocycles. The molecule has 1 unspecified atom stereocenters. The second-order valence-electron chi connectivity index (χ2n) is 2.86. The summed E-state index contributed by atoms with van der Waals surface area (Å²) >= 11 is 6.70. The SMILES string of the molecule is CC(Nc1nc(Br)cs1)c1cccs1. The maximum atomic E-state index is 4.29. The maximum Gasteiger partial charge on any atom is 0.184 e. The van der Waals surface area contributed by atoms with Gasteiger partial charge in [0.15, 0.2) is 5.13 Å². The maximum absolute atomic E-state index is 4.29. The molecule has 5 heteroatoms. The van der Waals surface area contributed by atoms with Gasteiger partial charge in [0.25, 0.3) is 0 Å². The summed E-state index contributed by atoms with van der Waals surface area (Å²) in [4.78, 5) is 5.62. The van der Waals surface area contributed by atoms with Crippen LogP contribution in [0.4, 0.5) is 5.13 Å². The Morgan fingerprint density at radius 2 is 2.36 bits per heavy atom. The number of nitrogens with one attached hydrogen (secondary N) is 1. The first-order valence-electron chi connectivity index (χ1n) is 4.16. The summed E-state index contributed by atoms with van der Waals surface area (Å²) in [5.41, 5.74) is 0. The minimum atomic E-state index is 0.327. The Kier molecular flexibility index (Phi) is 3.20. The molecule has 0 aromatic carbocycles. The van der Waals surface area contributed by atoms with Crippen molar-refractivity contribution in [1.82, 2.24) is 4.98 Å². The number of hydrogen-bond donors (Lipinski definition) is 1. The average Bonchev–Trinajstić information content (AvgIpc) is 2.75. The summed E-state index contributed by atoms with van der Waals surface area (Å²) in [6, 6.07) is 4.52. The van der Waals surface area contributed by atoms with E-state index in [1.807, 2.05) is 5.38 Å². The summed E-state index contributed by atoms with van der Waals surface area (Å²) in [5, 5.41) is 8.37. The molecule has 0 bridgehead atoms. The number of hydrogen-bond acceptors (Lipinski definition) is 4. The van der Waals surface area contributed by atoms with E-state index in [1.165, 1.54) is 4.88 Å². The van der Waals surface area contributed by atoms with Gasteiger partial charge in [-0.05, 0) is 34.3 Å². The molecule has 2 nitrogen and oxygen atoms in total. The third kappa shape index (κ3) is 2.34. The Bertz CT molecular complexity index is 397. The fraction of sp³-hybridized carbons (Fsp3) is 0.222. The summed E-state index contributed by atoms with van der Waals surface area (Å²) < 4.78 is 0.892. The highest BCUT2D eigenvalue weighted by Gasteiger charge is 2.07. The van der Waals surface area contributed by atoms with Crippen molar-refractivity contribution in [3.63, 3.8) is 0 Å². The van der Waals surface area contributed by atoms with Crippen molar-refractivity contribution >= 4 is 43.7 Å². The van der Waals surface area contributed by atoms with E-state index in [9.17, 15) is 0 Å². The standard InChI is InChI=1S/C9H9BrN2S2/c1-6(7-3-2-4-13-7)11-9-12-8(10)5-14-9/h2-6H,1H3,(H,11,12). The van der Waals surface area contributed by atoms with E-state index in [1.54, 1.807) is 22.7 Å². The molecular weight excluding hydrogens is 280 g/mol. The van der Waals surface area contributed by atoms with Crippen LogP contribution in [0.2, 0.25) is 0 Å². The Morgan fingerprint density at radius 3 is 2.93 bits per heavy atom. The zero-order valence-corrected chi connectivity index (χ0v) is 10.7. The zero-order valence-electron chi connectivity index (χ0n) is 7.53. The fourth-order valence-corrected chi connectivity index (χ4v) is 3.08. The van der Waals surface area contributed by atoms with Gasteiger partial charge in [-0.2, -0.15) is 0 Å². The molecule has 0 fully saturated rings. The van der Waals surface area contributed by atoms with Crippen LogP contribution in [0.25, 0.3) is 0 Å². The summed E-state index contributed by atoms with van der Waals surface area (Å²) in [6.45, 7) is 2.14. The minimum Gasteiger partial charge on any atom is -0.354 e. The molecule has 0 saturated heterocycles. The molecule has 0 aliphatic carbocycles. The first kappa shape index (κ1) is 10.1. The van der Waals surface area contributed by atoms with E-state index in [0.29, 0.717) is 6.04 Å². The first-order chi connectivity index (χ1) is 6.75. The van der Waals surface area contributed by atoms with E-state index in [2.05, 4.69) is 50.7 Å². The molecule has 0 saturated carbocycles. The number of thiazole rings is 1. The van der Waals surface area contributed by atoms with Crippen LogP contribution in [0.5, 0.6) is 0 Å². The summed E-state index contributed by atoms with van der Waals surface area (Å²) in [6.07, 6.45) is 0. The first-order valence-corrected chi connectivity index (χ1v) is 6.72. The number of aromatic nitrogens is 1. The molecule has 0 amide bonds. The van der Waals surface area contributed by atoms with Gasteiger partial charge in [0, 0.05) is 10.3 Å². The van der Waals surface area contributed by atoms with Crippen LogP contribution in [0.15, 0.2) is 27.5 Å². The van der Waals surface area contributed by atoms with E-state index < -0.39 is 0 Å². The molecule has 0 spiro atoms. The quantitative estimate of drug-likeness (QED) is 0.918. The van der Waals surface area contributed by atoms with Crippen LogP contribution in [-0.4, -0.2) is 4.98 Å². The lowest BCUT2D eigenvalue weighted by atomic mass is 10.3. The Morgan fingerprint density at radius 1 is 1.50 bits per heavy atom. The minimum absolute atomic E-state index is 0.327. The molecule has 14 heavy (non-hydrogen) atoms. The molecule has 1 N–H and O–H groups in total.